The summed E-state index contributed by atoms with van der Waals surface area (Å²) in [6.07, 6.45) is 1.41. The monoisotopic (exact) mass is 118 g/mol. The van der Waals surface area contributed by atoms with Crippen molar-refractivity contribution in [3.05, 3.63) is 0 Å². The van der Waals surface area contributed by atoms with Gasteiger partial charge in [0.15, 0.2) is 0 Å². The van der Waals surface area contributed by atoms with E-state index in [1.54, 1.807) is 0 Å². The lowest BCUT2D eigenvalue weighted by molar-refractivity contribution is 0.896. The molecule has 5 heteroatoms. The molecule has 7 heavy (non-hydrogen) atoms. The highest BCUT2D eigenvalue weighted by molar-refractivity contribution is 6.22. The van der Waals surface area contributed by atoms with E-state index in [1.165, 1.54) is 6.19 Å². The number of rotatable bonds is 0. The first-order valence-electron chi connectivity index (χ1n) is 1.38. The minimum atomic E-state index is -0.468. The molecule has 0 aliphatic rings. The highest BCUT2D eigenvalue weighted by Crippen LogP contribution is 1.84. The minimum absolute atomic E-state index is 0.431. The molecule has 0 radical (unpaired) electrons. The number of nitrogens with zero attached hydrogens (tertiary/aromatic N) is 2. The largest absolute Gasteiger partial charge is 0.368 e. The van der Waals surface area contributed by atoms with Crippen molar-refractivity contribution in [3.63, 3.8) is 0 Å². The van der Waals surface area contributed by atoms with Crippen molar-refractivity contribution < 1.29 is 0 Å². The van der Waals surface area contributed by atoms with Crippen molar-refractivity contribution in [1.29, 1.82) is 10.7 Å². The summed E-state index contributed by atoms with van der Waals surface area (Å²) < 4.78 is 0.431. The van der Waals surface area contributed by atoms with Crippen LogP contribution in [0.15, 0.2) is 0 Å². The van der Waals surface area contributed by atoms with Gasteiger partial charge >= 0.3 is 0 Å². The average molecular weight is 119 g/mol. The van der Waals surface area contributed by atoms with Gasteiger partial charge in [0.05, 0.1) is 0 Å². The molecule has 0 spiro atoms. The summed E-state index contributed by atoms with van der Waals surface area (Å²) in [6, 6.07) is 0. The maximum Gasteiger partial charge on any atom is 0.217 e. The van der Waals surface area contributed by atoms with Gasteiger partial charge in [0, 0.05) is 11.8 Å². The Balaban J connectivity index is 3.63. The van der Waals surface area contributed by atoms with Crippen molar-refractivity contribution in [2.75, 3.05) is 0 Å². The average Bonchev–Trinajstić information content (AvgIpc) is 1.65. The number of nitrogens with two attached hydrogens (primary N) is 1. The van der Waals surface area contributed by atoms with Crippen molar-refractivity contribution >= 4 is 17.7 Å². The van der Waals surface area contributed by atoms with Crippen LogP contribution >= 0.6 is 11.8 Å². The molecular weight excluding hydrogens is 116 g/mol. The molecule has 0 atom stereocenters. The van der Waals surface area contributed by atoms with E-state index in [0.717, 1.165) is 0 Å². The lowest BCUT2D eigenvalue weighted by atomic mass is 11.0. The second-order valence-corrected chi connectivity index (χ2v) is 1.10. The third-order valence-corrected chi connectivity index (χ3v) is 0.557. The minimum Gasteiger partial charge on any atom is -0.368 e. The molecule has 0 aromatic heterocycles. The Bertz CT molecular complexity index is 113. The maximum atomic E-state index is 7.83. The topological polar surface area (TPSA) is 76.9 Å². The highest BCUT2D eigenvalue weighted by atomic mass is 35.5. The second kappa shape index (κ2) is 2.26. The summed E-state index contributed by atoms with van der Waals surface area (Å²) in [6.45, 7) is 0. The van der Waals surface area contributed by atoms with E-state index in [1.807, 2.05) is 0 Å². The van der Waals surface area contributed by atoms with Gasteiger partial charge in [-0.25, -0.2) is 0 Å². The predicted molar refractivity (Wildman–Crippen MR) is 25.2 cm³/mol. The molecule has 3 N–H and O–H groups in total. The molecule has 0 saturated carbocycles. The van der Waals surface area contributed by atoms with E-state index in [0.29, 0.717) is 4.42 Å². The maximum absolute atomic E-state index is 7.83. The van der Waals surface area contributed by atoms with Gasteiger partial charge in [-0.05, 0) is 0 Å². The van der Waals surface area contributed by atoms with E-state index in [4.69, 9.17) is 28.2 Å². The Labute approximate surface area is 45.7 Å². The molecule has 0 aromatic carbocycles. The van der Waals surface area contributed by atoms with Crippen LogP contribution in [0.5, 0.6) is 0 Å². The van der Waals surface area contributed by atoms with Gasteiger partial charge in [-0.15, -0.1) is 0 Å². The van der Waals surface area contributed by atoms with Crippen LogP contribution in [0.25, 0.3) is 0 Å². The summed E-state index contributed by atoms with van der Waals surface area (Å²) in [7, 11) is 0. The van der Waals surface area contributed by atoms with Gasteiger partial charge in [0.2, 0.25) is 12.2 Å². The van der Waals surface area contributed by atoms with Crippen LogP contribution in [-0.2, 0) is 0 Å². The molecule has 0 unspecified atom stereocenters. The molecule has 0 aliphatic heterocycles. The molecule has 0 bridgehead atoms. The van der Waals surface area contributed by atoms with Gasteiger partial charge < -0.3 is 5.73 Å². The summed E-state index contributed by atoms with van der Waals surface area (Å²) in [5.41, 5.74) is 4.70. The third-order valence-electron chi connectivity index (χ3n) is 0.299. The number of guanidine groups is 1. The molecule has 0 aliphatic carbocycles. The van der Waals surface area contributed by atoms with Gasteiger partial charge in [-0.3, -0.25) is 5.41 Å². The SMILES string of the molecule is N#CN(Cl)C(=N)N. The summed E-state index contributed by atoms with van der Waals surface area (Å²) in [5, 5.41) is 14.3. The molecular formula is C2H3ClN4. The molecule has 4 nitrogen and oxygen atoms in total. The fourth-order valence-corrected chi connectivity index (χ4v) is 0.0539. The van der Waals surface area contributed by atoms with Gasteiger partial charge in [0.1, 0.15) is 0 Å². The van der Waals surface area contributed by atoms with Crippen LogP contribution in [0.2, 0.25) is 0 Å². The predicted octanol–water partition coefficient (Wildman–Crippen LogP) is -0.183. The number of hydrogen-bond acceptors (Lipinski definition) is 2. The van der Waals surface area contributed by atoms with E-state index >= 15 is 0 Å². The lowest BCUT2D eigenvalue weighted by Gasteiger charge is -1.96. The molecule has 0 amide bonds. The summed E-state index contributed by atoms with van der Waals surface area (Å²) in [4.78, 5) is 0. The van der Waals surface area contributed by atoms with Crippen LogP contribution in [0.4, 0.5) is 0 Å². The zero-order valence-corrected chi connectivity index (χ0v) is 4.11. The standard InChI is InChI=1S/C2H3ClN4/c3-7(1-4)2(5)6/h(H3,5,6). The van der Waals surface area contributed by atoms with Crippen molar-refractivity contribution in [2.45, 2.75) is 0 Å². The summed E-state index contributed by atoms with van der Waals surface area (Å²) >= 11 is 4.92. The van der Waals surface area contributed by atoms with Gasteiger partial charge in [0.25, 0.3) is 0 Å². The van der Waals surface area contributed by atoms with Crippen molar-refractivity contribution in [1.82, 2.24) is 4.42 Å². The Morgan fingerprint density at radius 2 is 2.43 bits per heavy atom. The number of hydrogen-bond donors (Lipinski definition) is 2. The Morgan fingerprint density at radius 3 is 2.43 bits per heavy atom. The first-order chi connectivity index (χ1) is 3.18. The third kappa shape index (κ3) is 1.84. The molecule has 38 valence electrons. The Morgan fingerprint density at radius 1 is 2.00 bits per heavy atom. The van der Waals surface area contributed by atoms with Crippen LogP contribution in [-0.4, -0.2) is 10.4 Å². The number of halogens is 1. The molecule has 0 saturated heterocycles. The highest BCUT2D eigenvalue weighted by Gasteiger charge is 1.94. The fraction of sp³-hybridized carbons (Fsp3) is 0. The first kappa shape index (κ1) is 6.05. The lowest BCUT2D eigenvalue weighted by Crippen LogP contribution is -2.23. The quantitative estimate of drug-likeness (QED) is 0.152. The van der Waals surface area contributed by atoms with E-state index in [-0.39, 0.29) is 0 Å². The van der Waals surface area contributed by atoms with E-state index < -0.39 is 5.96 Å². The first-order valence-corrected chi connectivity index (χ1v) is 1.72. The molecule has 0 rings (SSSR count). The van der Waals surface area contributed by atoms with E-state index in [2.05, 4.69) is 0 Å². The normalized spacial score (nSPS) is 6.86. The number of nitrogens with one attached hydrogen (secondary N) is 1. The smallest absolute Gasteiger partial charge is 0.217 e. The Kier molecular flexibility index (Phi) is 1.96. The molecule has 0 fully saturated rings. The van der Waals surface area contributed by atoms with Gasteiger partial charge in [-0.2, -0.15) is 9.68 Å². The van der Waals surface area contributed by atoms with Crippen LogP contribution in [0.3, 0.4) is 0 Å². The van der Waals surface area contributed by atoms with Crippen molar-refractivity contribution in [2.24, 2.45) is 5.73 Å². The fourth-order valence-electron chi connectivity index (χ4n) is 0.0539. The number of nitriles is 1. The summed E-state index contributed by atoms with van der Waals surface area (Å²) in [5.74, 6) is -0.468. The zero-order chi connectivity index (χ0) is 5.86. The van der Waals surface area contributed by atoms with E-state index in [9.17, 15) is 0 Å². The van der Waals surface area contributed by atoms with Crippen LogP contribution in [0.1, 0.15) is 0 Å². The Hall–Kier alpha value is -0.950. The zero-order valence-electron chi connectivity index (χ0n) is 3.35. The second-order valence-electron chi connectivity index (χ2n) is 0.766. The molecule has 0 aromatic rings. The van der Waals surface area contributed by atoms with Crippen molar-refractivity contribution in [3.8, 4) is 6.19 Å². The molecule has 0 heterocycles. The van der Waals surface area contributed by atoms with Crippen LogP contribution in [0, 0.1) is 16.9 Å². The van der Waals surface area contributed by atoms with Gasteiger partial charge in [-0.1, -0.05) is 0 Å². The van der Waals surface area contributed by atoms with Crippen LogP contribution < -0.4 is 5.73 Å².